The minimum atomic E-state index is -3.05. The molecule has 0 N–H and O–H groups in total. The largest absolute Gasteiger partial charge is 0.457 e. The molecule has 0 saturated carbocycles. The lowest BCUT2D eigenvalue weighted by atomic mass is 9.86. The van der Waals surface area contributed by atoms with Gasteiger partial charge in [0.25, 0.3) is 0 Å². The lowest BCUT2D eigenvalue weighted by Crippen LogP contribution is -2.44. The highest BCUT2D eigenvalue weighted by Gasteiger charge is 2.40. The van der Waals surface area contributed by atoms with Gasteiger partial charge in [0.1, 0.15) is 11.5 Å². The van der Waals surface area contributed by atoms with Crippen LogP contribution in [0.1, 0.15) is 30.4 Å². The van der Waals surface area contributed by atoms with Crippen molar-refractivity contribution in [2.75, 3.05) is 18.1 Å². The third-order valence-electron chi connectivity index (χ3n) is 5.20. The van der Waals surface area contributed by atoms with Crippen molar-refractivity contribution in [1.29, 1.82) is 0 Å². The summed E-state index contributed by atoms with van der Waals surface area (Å²) >= 11 is 0. The molecule has 0 spiro atoms. The lowest BCUT2D eigenvalue weighted by molar-refractivity contribution is -0.133. The fourth-order valence-corrected chi connectivity index (χ4v) is 5.69. The van der Waals surface area contributed by atoms with Gasteiger partial charge >= 0.3 is 0 Å². The summed E-state index contributed by atoms with van der Waals surface area (Å²) in [6.07, 6.45) is 0.508. The highest BCUT2D eigenvalue weighted by molar-refractivity contribution is 7.91. The summed E-state index contributed by atoms with van der Waals surface area (Å²) in [5, 5.41) is 0. The van der Waals surface area contributed by atoms with E-state index < -0.39 is 15.8 Å². The van der Waals surface area contributed by atoms with Crippen LogP contribution in [0.4, 0.5) is 0 Å². The number of nitrogens with zero attached hydrogens (tertiary/aromatic N) is 1. The van der Waals surface area contributed by atoms with Gasteiger partial charge in [-0.1, -0.05) is 36.4 Å². The molecule has 1 atom stereocenters. The highest BCUT2D eigenvalue weighted by Crippen LogP contribution is 2.45. The van der Waals surface area contributed by atoms with Crippen LogP contribution in [0.2, 0.25) is 0 Å². The molecule has 1 saturated heterocycles. The molecule has 2 aliphatic rings. The zero-order valence-corrected chi connectivity index (χ0v) is 15.4. The predicted molar refractivity (Wildman–Crippen MR) is 99.2 cm³/mol. The molecule has 1 fully saturated rings. The predicted octanol–water partition coefficient (Wildman–Crippen LogP) is 2.96. The highest BCUT2D eigenvalue weighted by atomic mass is 32.2. The van der Waals surface area contributed by atoms with Crippen LogP contribution in [0.25, 0.3) is 0 Å². The Labute approximate surface area is 153 Å². The second kappa shape index (κ2) is 6.43. The second-order valence-corrected chi connectivity index (χ2v) is 9.02. The zero-order valence-electron chi connectivity index (χ0n) is 14.6. The summed E-state index contributed by atoms with van der Waals surface area (Å²) in [5.41, 5.74) is 1.66. The Morgan fingerprint density at radius 1 is 1.08 bits per heavy atom. The molecular formula is C20H21NO4S. The van der Waals surface area contributed by atoms with E-state index in [1.165, 1.54) is 0 Å². The van der Waals surface area contributed by atoms with Gasteiger partial charge in [0, 0.05) is 23.7 Å². The van der Waals surface area contributed by atoms with Gasteiger partial charge in [0.05, 0.1) is 17.4 Å². The van der Waals surface area contributed by atoms with Gasteiger partial charge in [0.2, 0.25) is 5.91 Å². The normalized spacial score (nSPS) is 20.7. The van der Waals surface area contributed by atoms with Gasteiger partial charge in [-0.2, -0.15) is 0 Å². The molecule has 0 radical (unpaired) electrons. The number of likely N-dealkylation sites (N-methyl/N-ethyl adjacent to an activating group) is 1. The van der Waals surface area contributed by atoms with Crippen molar-refractivity contribution >= 4 is 15.7 Å². The minimum absolute atomic E-state index is 0.0547. The molecule has 0 unspecified atom stereocenters. The molecule has 6 heteroatoms. The van der Waals surface area contributed by atoms with E-state index in [1.54, 1.807) is 4.90 Å². The molecule has 1 amide bonds. The fourth-order valence-electron chi connectivity index (χ4n) is 3.96. The van der Waals surface area contributed by atoms with Gasteiger partial charge in [-0.25, -0.2) is 8.42 Å². The van der Waals surface area contributed by atoms with E-state index >= 15 is 0 Å². The number of fused-ring (bicyclic) bond motifs is 2. The second-order valence-electron chi connectivity index (χ2n) is 6.79. The van der Waals surface area contributed by atoms with Crippen LogP contribution in [-0.4, -0.2) is 43.3 Å². The molecule has 26 heavy (non-hydrogen) atoms. The van der Waals surface area contributed by atoms with E-state index in [0.717, 1.165) is 11.1 Å². The number of sulfone groups is 1. The van der Waals surface area contributed by atoms with Gasteiger partial charge in [-0.05, 0) is 25.5 Å². The number of carbonyl (C=O) groups is 1. The third-order valence-corrected chi connectivity index (χ3v) is 6.95. The Kier molecular flexibility index (Phi) is 4.23. The van der Waals surface area contributed by atoms with Crippen molar-refractivity contribution in [2.24, 2.45) is 0 Å². The van der Waals surface area contributed by atoms with Crippen molar-refractivity contribution in [1.82, 2.24) is 4.90 Å². The molecule has 2 heterocycles. The van der Waals surface area contributed by atoms with E-state index in [1.807, 2.05) is 55.5 Å². The molecule has 0 aromatic heterocycles. The van der Waals surface area contributed by atoms with Crippen LogP contribution < -0.4 is 4.74 Å². The van der Waals surface area contributed by atoms with Gasteiger partial charge in [0.15, 0.2) is 9.84 Å². The Hall–Kier alpha value is -2.34. The van der Waals surface area contributed by atoms with E-state index in [9.17, 15) is 13.2 Å². The first-order valence-corrected chi connectivity index (χ1v) is 10.7. The minimum Gasteiger partial charge on any atom is -0.457 e. The van der Waals surface area contributed by atoms with Crippen molar-refractivity contribution in [3.63, 3.8) is 0 Å². The molecule has 5 nitrogen and oxygen atoms in total. The van der Waals surface area contributed by atoms with E-state index in [2.05, 4.69) is 0 Å². The molecule has 4 rings (SSSR count). The zero-order chi connectivity index (χ0) is 18.3. The topological polar surface area (TPSA) is 63.7 Å². The van der Waals surface area contributed by atoms with Crippen LogP contribution in [-0.2, 0) is 14.6 Å². The van der Waals surface area contributed by atoms with Crippen LogP contribution in [0.15, 0.2) is 48.5 Å². The Morgan fingerprint density at radius 2 is 1.65 bits per heavy atom. The third kappa shape index (κ3) is 2.88. The summed E-state index contributed by atoms with van der Waals surface area (Å²) < 4.78 is 29.8. The number of carbonyl (C=O) groups excluding carboxylic acids is 1. The summed E-state index contributed by atoms with van der Waals surface area (Å²) in [6.45, 7) is 2.39. The quantitative estimate of drug-likeness (QED) is 0.832. The van der Waals surface area contributed by atoms with Crippen LogP contribution in [0, 0.1) is 0 Å². The average Bonchev–Trinajstić information content (AvgIpc) is 2.99. The van der Waals surface area contributed by atoms with Crippen molar-refractivity contribution < 1.29 is 17.9 Å². The maximum atomic E-state index is 13.5. The molecule has 2 aliphatic heterocycles. The number of hydrogen-bond acceptors (Lipinski definition) is 4. The Bertz CT molecular complexity index is 908. The number of benzene rings is 2. The smallest absolute Gasteiger partial charge is 0.235 e. The Balaban J connectivity index is 1.75. The maximum Gasteiger partial charge on any atom is 0.235 e. The summed E-state index contributed by atoms with van der Waals surface area (Å²) in [4.78, 5) is 15.3. The number of rotatable bonds is 3. The summed E-state index contributed by atoms with van der Waals surface area (Å²) in [6, 6.07) is 14.9. The SMILES string of the molecule is CCN(C(=O)C1c2ccccc2Oc2ccccc21)[C@H]1CCS(=O)(=O)C1. The summed E-state index contributed by atoms with van der Waals surface area (Å²) in [5.74, 6) is 1.04. The van der Waals surface area contributed by atoms with Crippen LogP contribution in [0.3, 0.4) is 0 Å². The Morgan fingerprint density at radius 3 is 2.15 bits per heavy atom. The van der Waals surface area contributed by atoms with E-state index in [0.29, 0.717) is 24.5 Å². The monoisotopic (exact) mass is 371 g/mol. The van der Waals surface area contributed by atoms with Crippen molar-refractivity contribution in [2.45, 2.75) is 25.3 Å². The van der Waals surface area contributed by atoms with Crippen LogP contribution >= 0.6 is 0 Å². The fraction of sp³-hybridized carbons (Fsp3) is 0.350. The van der Waals surface area contributed by atoms with E-state index in [-0.39, 0.29) is 23.5 Å². The number of amides is 1. The molecule has 2 aromatic carbocycles. The first-order chi connectivity index (χ1) is 12.5. The number of hydrogen-bond donors (Lipinski definition) is 0. The van der Waals surface area contributed by atoms with E-state index in [4.69, 9.17) is 4.74 Å². The number of ether oxygens (including phenoxy) is 1. The van der Waals surface area contributed by atoms with Gasteiger partial charge in [-0.3, -0.25) is 4.79 Å². The maximum absolute atomic E-state index is 13.5. The van der Waals surface area contributed by atoms with Crippen molar-refractivity contribution in [3.05, 3.63) is 59.7 Å². The van der Waals surface area contributed by atoms with Crippen molar-refractivity contribution in [3.8, 4) is 11.5 Å². The molecular weight excluding hydrogens is 350 g/mol. The standard InChI is InChI=1S/C20H21NO4S/c1-2-21(14-11-12-26(23,24)13-14)20(22)19-15-7-3-5-9-17(15)25-18-10-6-4-8-16(18)19/h3-10,14,19H,2,11-13H2,1H3/t14-/m0/s1. The average molecular weight is 371 g/mol. The van der Waals surface area contributed by atoms with Gasteiger partial charge in [-0.15, -0.1) is 0 Å². The first-order valence-electron chi connectivity index (χ1n) is 8.87. The molecule has 2 aromatic rings. The number of para-hydroxylation sites is 2. The van der Waals surface area contributed by atoms with Gasteiger partial charge < -0.3 is 9.64 Å². The lowest BCUT2D eigenvalue weighted by Gasteiger charge is -2.34. The first kappa shape index (κ1) is 17.1. The molecule has 0 bridgehead atoms. The summed E-state index contributed by atoms with van der Waals surface area (Å²) in [7, 11) is -3.05. The van der Waals surface area contributed by atoms with Crippen LogP contribution in [0.5, 0.6) is 11.5 Å². The molecule has 0 aliphatic carbocycles. The molecule has 136 valence electrons.